The van der Waals surface area contributed by atoms with Crippen molar-refractivity contribution in [2.24, 2.45) is 0 Å². The molecule has 58 valence electrons. The van der Waals surface area contributed by atoms with E-state index in [1.807, 2.05) is 20.8 Å². The SMILES string of the molecule is CC.CCc1n[nH]c(=S)o1. The van der Waals surface area contributed by atoms with Crippen LogP contribution in [0.3, 0.4) is 0 Å². The van der Waals surface area contributed by atoms with E-state index in [4.69, 9.17) is 4.42 Å². The van der Waals surface area contributed by atoms with E-state index in [1.165, 1.54) is 0 Å². The maximum atomic E-state index is 4.88. The molecule has 0 saturated carbocycles. The minimum Gasteiger partial charge on any atom is -0.414 e. The lowest BCUT2D eigenvalue weighted by Crippen LogP contribution is -1.75. The fourth-order valence-electron chi connectivity index (χ4n) is 0.412. The monoisotopic (exact) mass is 160 g/mol. The summed E-state index contributed by atoms with van der Waals surface area (Å²) in [6.45, 7) is 5.95. The van der Waals surface area contributed by atoms with Gasteiger partial charge in [-0.3, -0.25) is 0 Å². The first-order valence-corrected chi connectivity index (χ1v) is 3.78. The molecule has 0 aliphatic rings. The van der Waals surface area contributed by atoms with Gasteiger partial charge in [0.15, 0.2) is 0 Å². The fraction of sp³-hybridized carbons (Fsp3) is 0.667. The second kappa shape index (κ2) is 5.17. The molecule has 0 aliphatic heterocycles. The normalized spacial score (nSPS) is 8.30. The zero-order chi connectivity index (χ0) is 7.98. The maximum absolute atomic E-state index is 4.88. The third-order valence-electron chi connectivity index (χ3n) is 0.785. The van der Waals surface area contributed by atoms with Crippen LogP contribution in [0.25, 0.3) is 0 Å². The number of aromatic amines is 1. The molecular weight excluding hydrogens is 148 g/mol. The molecule has 0 bridgehead atoms. The lowest BCUT2D eigenvalue weighted by atomic mass is 10.5. The van der Waals surface area contributed by atoms with E-state index in [9.17, 15) is 0 Å². The van der Waals surface area contributed by atoms with Crippen molar-refractivity contribution in [1.82, 2.24) is 10.2 Å². The van der Waals surface area contributed by atoms with Crippen LogP contribution in [0.15, 0.2) is 4.42 Å². The van der Waals surface area contributed by atoms with Crippen LogP contribution < -0.4 is 0 Å². The van der Waals surface area contributed by atoms with E-state index < -0.39 is 0 Å². The van der Waals surface area contributed by atoms with Crippen LogP contribution in [0.1, 0.15) is 26.7 Å². The smallest absolute Gasteiger partial charge is 0.284 e. The molecule has 1 rings (SSSR count). The number of hydrogen-bond acceptors (Lipinski definition) is 3. The Kier molecular flexibility index (Phi) is 4.84. The molecule has 0 amide bonds. The summed E-state index contributed by atoms with van der Waals surface area (Å²) in [6.07, 6.45) is 0.785. The number of hydrogen-bond donors (Lipinski definition) is 1. The number of aryl methyl sites for hydroxylation is 1. The quantitative estimate of drug-likeness (QED) is 0.641. The summed E-state index contributed by atoms with van der Waals surface area (Å²) in [5, 5.41) is 6.26. The predicted molar refractivity (Wildman–Crippen MR) is 42.4 cm³/mol. The van der Waals surface area contributed by atoms with Gasteiger partial charge in [-0.2, -0.15) is 0 Å². The predicted octanol–water partition coefficient (Wildman–Crippen LogP) is 2.32. The number of H-pyrrole nitrogens is 1. The zero-order valence-corrected chi connectivity index (χ0v) is 7.29. The summed E-state index contributed by atoms with van der Waals surface area (Å²) in [5.41, 5.74) is 0. The van der Waals surface area contributed by atoms with Crippen molar-refractivity contribution in [3.8, 4) is 0 Å². The summed E-state index contributed by atoms with van der Waals surface area (Å²) >= 11 is 4.61. The Morgan fingerprint density at radius 1 is 1.60 bits per heavy atom. The highest BCUT2D eigenvalue weighted by atomic mass is 32.1. The van der Waals surface area contributed by atoms with Crippen molar-refractivity contribution < 1.29 is 4.42 Å². The van der Waals surface area contributed by atoms with Crippen LogP contribution in [0.4, 0.5) is 0 Å². The average Bonchev–Trinajstić information content (AvgIpc) is 2.40. The first-order chi connectivity index (χ1) is 4.83. The Labute approximate surface area is 65.5 Å². The van der Waals surface area contributed by atoms with E-state index in [2.05, 4.69) is 22.4 Å². The molecule has 0 spiro atoms. The maximum Gasteiger partial charge on any atom is 0.284 e. The largest absolute Gasteiger partial charge is 0.414 e. The molecule has 0 radical (unpaired) electrons. The van der Waals surface area contributed by atoms with Crippen LogP contribution >= 0.6 is 12.2 Å². The molecule has 1 aromatic heterocycles. The van der Waals surface area contributed by atoms with Gasteiger partial charge in [-0.25, -0.2) is 5.10 Å². The van der Waals surface area contributed by atoms with Crippen LogP contribution in [0.2, 0.25) is 0 Å². The van der Waals surface area contributed by atoms with Crippen molar-refractivity contribution >= 4 is 12.2 Å². The van der Waals surface area contributed by atoms with Gasteiger partial charge in [0, 0.05) is 6.42 Å². The minimum absolute atomic E-state index is 0.349. The summed E-state index contributed by atoms with van der Waals surface area (Å²) < 4.78 is 4.88. The van der Waals surface area contributed by atoms with E-state index in [1.54, 1.807) is 0 Å². The van der Waals surface area contributed by atoms with E-state index in [-0.39, 0.29) is 0 Å². The third-order valence-corrected chi connectivity index (χ3v) is 0.959. The Balaban J connectivity index is 0.000000371. The van der Waals surface area contributed by atoms with Crippen LogP contribution in [-0.4, -0.2) is 10.2 Å². The van der Waals surface area contributed by atoms with Gasteiger partial charge in [0.1, 0.15) is 0 Å². The van der Waals surface area contributed by atoms with Gasteiger partial charge in [0.2, 0.25) is 5.89 Å². The fourth-order valence-corrected chi connectivity index (χ4v) is 0.554. The average molecular weight is 160 g/mol. The highest BCUT2D eigenvalue weighted by Crippen LogP contribution is 1.92. The Hall–Kier alpha value is -0.640. The number of nitrogens with zero attached hydrogens (tertiary/aromatic N) is 1. The number of nitrogens with one attached hydrogen (secondary N) is 1. The first-order valence-electron chi connectivity index (χ1n) is 3.37. The molecule has 0 unspecified atom stereocenters. The molecule has 0 aromatic carbocycles. The van der Waals surface area contributed by atoms with Gasteiger partial charge in [-0.1, -0.05) is 20.8 Å². The van der Waals surface area contributed by atoms with E-state index in [0.717, 1.165) is 6.42 Å². The second-order valence-corrected chi connectivity index (χ2v) is 1.73. The molecular formula is C6H12N2OS. The molecule has 1 heterocycles. The molecule has 0 aliphatic carbocycles. The summed E-state index contributed by atoms with van der Waals surface area (Å²) in [6, 6.07) is 0. The van der Waals surface area contributed by atoms with Crippen molar-refractivity contribution in [2.45, 2.75) is 27.2 Å². The Morgan fingerprint density at radius 2 is 2.20 bits per heavy atom. The third kappa shape index (κ3) is 2.77. The first kappa shape index (κ1) is 9.36. The van der Waals surface area contributed by atoms with Gasteiger partial charge in [-0.05, 0) is 12.2 Å². The molecule has 4 heteroatoms. The molecule has 0 saturated heterocycles. The van der Waals surface area contributed by atoms with Crippen molar-refractivity contribution in [2.75, 3.05) is 0 Å². The van der Waals surface area contributed by atoms with Crippen molar-refractivity contribution in [3.05, 3.63) is 10.7 Å². The lowest BCUT2D eigenvalue weighted by Gasteiger charge is -1.75. The van der Waals surface area contributed by atoms with Gasteiger partial charge in [-0.15, -0.1) is 5.10 Å². The van der Waals surface area contributed by atoms with Gasteiger partial charge >= 0.3 is 0 Å². The zero-order valence-electron chi connectivity index (χ0n) is 6.47. The van der Waals surface area contributed by atoms with Crippen LogP contribution in [0.5, 0.6) is 0 Å². The van der Waals surface area contributed by atoms with Crippen LogP contribution in [0, 0.1) is 4.84 Å². The number of aromatic nitrogens is 2. The highest BCUT2D eigenvalue weighted by molar-refractivity contribution is 7.71. The van der Waals surface area contributed by atoms with Gasteiger partial charge in [0.05, 0.1) is 0 Å². The van der Waals surface area contributed by atoms with Crippen molar-refractivity contribution in [3.63, 3.8) is 0 Å². The highest BCUT2D eigenvalue weighted by Gasteiger charge is 1.90. The molecule has 0 fully saturated rings. The molecule has 10 heavy (non-hydrogen) atoms. The minimum atomic E-state index is 0.349. The topological polar surface area (TPSA) is 41.8 Å². The summed E-state index contributed by atoms with van der Waals surface area (Å²) in [4.78, 5) is 0.349. The van der Waals surface area contributed by atoms with Crippen molar-refractivity contribution in [1.29, 1.82) is 0 Å². The van der Waals surface area contributed by atoms with E-state index in [0.29, 0.717) is 10.7 Å². The van der Waals surface area contributed by atoms with Gasteiger partial charge in [0.25, 0.3) is 4.84 Å². The lowest BCUT2D eigenvalue weighted by molar-refractivity contribution is 0.487. The Bertz CT molecular complexity index is 216. The Morgan fingerprint density at radius 3 is 2.40 bits per heavy atom. The van der Waals surface area contributed by atoms with Crippen LogP contribution in [-0.2, 0) is 6.42 Å². The molecule has 1 aromatic rings. The summed E-state index contributed by atoms with van der Waals surface area (Å²) in [7, 11) is 0. The molecule has 0 atom stereocenters. The second-order valence-electron chi connectivity index (χ2n) is 1.36. The van der Waals surface area contributed by atoms with Gasteiger partial charge < -0.3 is 4.42 Å². The molecule has 1 N–H and O–H groups in total. The summed E-state index contributed by atoms with van der Waals surface area (Å²) in [5.74, 6) is 0.662. The van der Waals surface area contributed by atoms with E-state index >= 15 is 0 Å². The molecule has 3 nitrogen and oxygen atoms in total. The standard InChI is InChI=1S/C4H6N2OS.C2H6/c1-2-3-5-6-4(8)7-3;1-2/h2H2,1H3,(H,6,8);1-2H3. The number of rotatable bonds is 1.